The van der Waals surface area contributed by atoms with Crippen molar-refractivity contribution in [2.75, 3.05) is 0 Å². The van der Waals surface area contributed by atoms with Crippen molar-refractivity contribution in [1.29, 1.82) is 0 Å². The third-order valence-corrected chi connectivity index (χ3v) is 14.3. The van der Waals surface area contributed by atoms with Gasteiger partial charge in [-0.15, -0.1) is 0 Å². The van der Waals surface area contributed by atoms with E-state index in [1.165, 1.54) is 98.4 Å². The minimum atomic E-state index is -0.503. The van der Waals surface area contributed by atoms with Crippen molar-refractivity contribution in [2.24, 2.45) is 0 Å². The van der Waals surface area contributed by atoms with Gasteiger partial charge >= 0.3 is 0 Å². The molecule has 0 fully saturated rings. The van der Waals surface area contributed by atoms with Gasteiger partial charge in [0.25, 0.3) is 0 Å². The molecule has 0 saturated carbocycles. The molecule has 11 rings (SSSR count). The van der Waals surface area contributed by atoms with E-state index < -0.39 is 5.41 Å². The third-order valence-electron chi connectivity index (χ3n) is 11.9. The van der Waals surface area contributed by atoms with Gasteiger partial charge in [-0.1, -0.05) is 151 Å². The Labute approximate surface area is 320 Å². The number of thioether (sulfide) groups is 1. The number of fused-ring (bicyclic) bond motifs is 10. The summed E-state index contributed by atoms with van der Waals surface area (Å²) in [7, 11) is 0. The highest BCUT2D eigenvalue weighted by atomic mass is 32.2. The monoisotopic (exact) mass is 717 g/mol. The maximum atomic E-state index is 2.69. The normalized spacial score (nSPS) is 18.0. The van der Waals surface area contributed by atoms with Gasteiger partial charge in [0.1, 0.15) is 0 Å². The molecule has 0 N–H and O–H groups in total. The zero-order valence-corrected chi connectivity index (χ0v) is 31.3. The molecule has 0 atom stereocenters. The standard InChI is InChI=1S/C50H39NS2/c1-2-7-20-34(19-6-1)51-42-28-11-8-21-36(42)38-24-14-25-39(49(38)51)37-23-16-32-46-48(37)50(40-26-9-12-29-43(40)52-44-30-13-10-27-41(44)50)47-35(22-15-31-45(47)53-46)33-17-4-3-5-18-33/h1,3-6,8-10,12-15,17-19,21-27,29-31H,2,7,11,16,20,28,32H2. The largest absolute Gasteiger partial charge is 0.316 e. The molecule has 1 nitrogen and oxygen atoms in total. The Hall–Kier alpha value is -4.96. The summed E-state index contributed by atoms with van der Waals surface area (Å²) in [6.45, 7) is 0. The van der Waals surface area contributed by atoms with E-state index in [1.54, 1.807) is 0 Å². The van der Waals surface area contributed by atoms with Crippen molar-refractivity contribution in [1.82, 2.24) is 4.57 Å². The second-order valence-corrected chi connectivity index (χ2v) is 17.0. The lowest BCUT2D eigenvalue weighted by Gasteiger charge is -2.49. The average Bonchev–Trinajstić information content (AvgIpc) is 3.33. The van der Waals surface area contributed by atoms with E-state index in [0.717, 1.165) is 38.5 Å². The molecule has 3 heterocycles. The van der Waals surface area contributed by atoms with Crippen molar-refractivity contribution >= 4 is 51.8 Å². The van der Waals surface area contributed by atoms with E-state index in [2.05, 4.69) is 156 Å². The summed E-state index contributed by atoms with van der Waals surface area (Å²) in [5.74, 6) is 0. The lowest BCUT2D eigenvalue weighted by molar-refractivity contribution is 0.676. The highest BCUT2D eigenvalue weighted by Crippen LogP contribution is 2.66. The van der Waals surface area contributed by atoms with Gasteiger partial charge in [0, 0.05) is 42.6 Å². The van der Waals surface area contributed by atoms with Gasteiger partial charge in [0.2, 0.25) is 0 Å². The Bertz CT molecular complexity index is 2600. The first-order valence-corrected chi connectivity index (χ1v) is 20.8. The molecule has 256 valence electrons. The number of hydrogen-bond acceptors (Lipinski definition) is 2. The predicted octanol–water partition coefficient (Wildman–Crippen LogP) is 13.9. The van der Waals surface area contributed by atoms with E-state index in [-0.39, 0.29) is 0 Å². The van der Waals surface area contributed by atoms with Crippen LogP contribution in [0.1, 0.15) is 72.0 Å². The van der Waals surface area contributed by atoms with Gasteiger partial charge in [-0.2, -0.15) is 0 Å². The first-order chi connectivity index (χ1) is 26.3. The van der Waals surface area contributed by atoms with E-state index in [9.17, 15) is 0 Å². The minimum absolute atomic E-state index is 0.503. The lowest BCUT2D eigenvalue weighted by atomic mass is 9.59. The molecule has 3 aliphatic carbocycles. The number of hydrogen-bond donors (Lipinski definition) is 0. The summed E-state index contributed by atoms with van der Waals surface area (Å²) in [4.78, 5) is 5.58. The van der Waals surface area contributed by atoms with Gasteiger partial charge < -0.3 is 4.57 Å². The van der Waals surface area contributed by atoms with E-state index in [4.69, 9.17) is 0 Å². The van der Waals surface area contributed by atoms with Crippen LogP contribution in [0, 0.1) is 0 Å². The van der Waals surface area contributed by atoms with Crippen LogP contribution in [-0.2, 0) is 11.8 Å². The van der Waals surface area contributed by atoms with E-state index >= 15 is 0 Å². The molecular formula is C50H39NS2. The van der Waals surface area contributed by atoms with Gasteiger partial charge in [0.15, 0.2) is 0 Å². The number of allylic oxidation sites excluding steroid dienone is 9. The SMILES string of the molecule is C1=CCCCC(n2c3c(c4cccc(C5=CCCC6=C5C5(c7ccccc7Sc7ccccc75)c5c(cccc5-c5ccccc5)S6)c42)C=CCC3)=C1. The zero-order valence-electron chi connectivity index (χ0n) is 29.6. The lowest BCUT2D eigenvalue weighted by Crippen LogP contribution is -2.39. The average molecular weight is 718 g/mol. The molecule has 2 aliphatic heterocycles. The topological polar surface area (TPSA) is 4.93 Å². The fraction of sp³-hybridized carbons (Fsp3) is 0.160. The fourth-order valence-electron chi connectivity index (χ4n) is 9.88. The van der Waals surface area contributed by atoms with Crippen LogP contribution >= 0.6 is 23.5 Å². The summed E-state index contributed by atoms with van der Waals surface area (Å²) in [5, 5.41) is 1.37. The Morgan fingerprint density at radius 2 is 1.36 bits per heavy atom. The van der Waals surface area contributed by atoms with Gasteiger partial charge in [-0.3, -0.25) is 0 Å². The van der Waals surface area contributed by atoms with Gasteiger partial charge in [0.05, 0.1) is 10.9 Å². The predicted molar refractivity (Wildman–Crippen MR) is 225 cm³/mol. The van der Waals surface area contributed by atoms with Gasteiger partial charge in [-0.25, -0.2) is 0 Å². The molecular weight excluding hydrogens is 679 g/mol. The Morgan fingerprint density at radius 1 is 0.604 bits per heavy atom. The summed E-state index contributed by atoms with van der Waals surface area (Å²) >= 11 is 3.96. The summed E-state index contributed by atoms with van der Waals surface area (Å²) in [6.07, 6.45) is 22.0. The number of benzene rings is 5. The van der Waals surface area contributed by atoms with Crippen molar-refractivity contribution < 1.29 is 0 Å². The van der Waals surface area contributed by atoms with E-state index in [0.29, 0.717) is 0 Å². The summed E-state index contributed by atoms with van der Waals surface area (Å²) in [6, 6.07) is 43.9. The smallest absolute Gasteiger partial charge is 0.0754 e. The number of nitrogens with zero attached hydrogens (tertiary/aromatic N) is 1. The Morgan fingerprint density at radius 3 is 2.21 bits per heavy atom. The third kappa shape index (κ3) is 4.66. The first-order valence-electron chi connectivity index (χ1n) is 19.2. The summed E-state index contributed by atoms with van der Waals surface area (Å²) < 4.78 is 2.69. The second-order valence-electron chi connectivity index (χ2n) is 14.8. The molecule has 0 amide bonds. The molecule has 5 aromatic carbocycles. The van der Waals surface area contributed by atoms with E-state index in [1.807, 2.05) is 23.5 Å². The molecule has 3 heteroatoms. The quantitative estimate of drug-likeness (QED) is 0.180. The highest BCUT2D eigenvalue weighted by Gasteiger charge is 2.52. The Kier molecular flexibility index (Phi) is 7.49. The first kappa shape index (κ1) is 31.6. The maximum Gasteiger partial charge on any atom is 0.0754 e. The molecule has 1 spiro atoms. The molecule has 0 radical (unpaired) electrons. The number of rotatable bonds is 3. The Balaban J connectivity index is 1.27. The van der Waals surface area contributed by atoms with Crippen LogP contribution in [-0.4, -0.2) is 4.57 Å². The molecule has 0 saturated heterocycles. The fourth-order valence-corrected chi connectivity index (χ4v) is 12.4. The van der Waals surface area contributed by atoms with Crippen LogP contribution in [0.15, 0.2) is 171 Å². The molecule has 1 aromatic heterocycles. The molecule has 5 aliphatic rings. The van der Waals surface area contributed by atoms with Crippen molar-refractivity contribution in [3.05, 3.63) is 190 Å². The van der Waals surface area contributed by atoms with Crippen molar-refractivity contribution in [3.8, 4) is 11.1 Å². The minimum Gasteiger partial charge on any atom is -0.316 e. The molecule has 6 aromatic rings. The molecule has 53 heavy (non-hydrogen) atoms. The molecule has 0 bridgehead atoms. The van der Waals surface area contributed by atoms with Crippen LogP contribution in [0.3, 0.4) is 0 Å². The van der Waals surface area contributed by atoms with Crippen LogP contribution in [0.25, 0.3) is 39.4 Å². The number of para-hydroxylation sites is 1. The molecule has 0 unspecified atom stereocenters. The van der Waals surface area contributed by atoms with Gasteiger partial charge in [-0.05, 0) is 113 Å². The van der Waals surface area contributed by atoms with Crippen LogP contribution in [0.2, 0.25) is 0 Å². The summed E-state index contributed by atoms with van der Waals surface area (Å²) in [5.41, 5.74) is 16.2. The highest BCUT2D eigenvalue weighted by molar-refractivity contribution is 8.03. The maximum absolute atomic E-state index is 2.69. The van der Waals surface area contributed by atoms with Crippen molar-refractivity contribution in [3.63, 3.8) is 0 Å². The van der Waals surface area contributed by atoms with Crippen LogP contribution < -0.4 is 0 Å². The zero-order chi connectivity index (χ0) is 34.9. The van der Waals surface area contributed by atoms with Crippen LogP contribution in [0.4, 0.5) is 0 Å². The number of aromatic nitrogens is 1. The van der Waals surface area contributed by atoms with Crippen molar-refractivity contribution in [2.45, 2.75) is 65.0 Å². The van der Waals surface area contributed by atoms with Crippen LogP contribution in [0.5, 0.6) is 0 Å². The second kappa shape index (κ2) is 12.6.